The quantitative estimate of drug-likeness (QED) is 0.349. The Morgan fingerprint density at radius 3 is 1.59 bits per heavy atom. The lowest BCUT2D eigenvalue weighted by molar-refractivity contribution is -0.998. The number of aliphatic imine (C=N–C) groups is 3. The second-order valence-corrected chi connectivity index (χ2v) is 9.47. The van der Waals surface area contributed by atoms with Crippen LogP contribution in [0.3, 0.4) is 0 Å². The molecule has 11 heteroatoms. The molecule has 0 radical (unpaired) electrons. The van der Waals surface area contributed by atoms with Gasteiger partial charge in [-0.3, -0.25) is 0 Å². The summed E-state index contributed by atoms with van der Waals surface area (Å²) in [5.74, 6) is 0. The summed E-state index contributed by atoms with van der Waals surface area (Å²) >= 11 is 0. The highest BCUT2D eigenvalue weighted by Gasteiger charge is 2.63. The molecule has 0 aromatic heterocycles. The van der Waals surface area contributed by atoms with Gasteiger partial charge in [0.25, 0.3) is 0 Å². The topological polar surface area (TPSA) is 131 Å². The minimum Gasteiger partial charge on any atom is -0.211 e. The predicted molar refractivity (Wildman–Crippen MR) is 119 cm³/mol. The largest absolute Gasteiger partial charge is 0.528 e. The van der Waals surface area contributed by atoms with Crippen molar-refractivity contribution in [3.63, 3.8) is 0 Å². The number of imide groups is 1. The van der Waals surface area contributed by atoms with E-state index in [-0.39, 0.29) is 6.54 Å². The third-order valence-corrected chi connectivity index (χ3v) is 7.53. The summed E-state index contributed by atoms with van der Waals surface area (Å²) in [4.78, 5) is 75.3. The Bertz CT molecular complexity index is 838. The first-order chi connectivity index (χ1) is 16.6. The molecule has 0 spiro atoms. The number of nitrogens with one attached hydrogen (secondary N) is 2. The van der Waals surface area contributed by atoms with Gasteiger partial charge in [0.05, 0.1) is 13.1 Å². The van der Waals surface area contributed by atoms with Crippen LogP contribution in [-0.2, 0) is 14.4 Å². The van der Waals surface area contributed by atoms with Crippen molar-refractivity contribution in [1.29, 1.82) is 0 Å². The van der Waals surface area contributed by atoms with Crippen LogP contribution in [0.2, 0.25) is 0 Å². The smallest absolute Gasteiger partial charge is 0.211 e. The Morgan fingerprint density at radius 1 is 0.618 bits per heavy atom. The number of isocyanates is 3. The first kappa shape index (κ1) is 26.0. The van der Waals surface area contributed by atoms with E-state index in [1.54, 1.807) is 18.2 Å². The van der Waals surface area contributed by atoms with Gasteiger partial charge in [-0.05, 0) is 57.8 Å². The van der Waals surface area contributed by atoms with Crippen LogP contribution in [0.4, 0.5) is 9.59 Å². The first-order valence-corrected chi connectivity index (χ1v) is 12.5. The number of hydrogen-bond acceptors (Lipinski definition) is 8. The Kier molecular flexibility index (Phi) is 9.72. The zero-order valence-corrected chi connectivity index (χ0v) is 19.7. The molecule has 184 valence electrons. The number of nitrogens with zero attached hydrogens (tertiary/aromatic N) is 4. The Labute approximate surface area is 199 Å². The molecule has 2 N–H and O–H groups in total. The summed E-state index contributed by atoms with van der Waals surface area (Å²) in [7, 11) is 0. The van der Waals surface area contributed by atoms with Crippen molar-refractivity contribution in [3.8, 4) is 0 Å². The molecule has 0 bridgehead atoms. The third-order valence-electron chi connectivity index (χ3n) is 7.53. The summed E-state index contributed by atoms with van der Waals surface area (Å²) < 4.78 is -0.629. The van der Waals surface area contributed by atoms with Crippen LogP contribution in [0, 0.1) is 0 Å². The van der Waals surface area contributed by atoms with Crippen molar-refractivity contribution in [2.24, 2.45) is 15.0 Å². The van der Waals surface area contributed by atoms with E-state index in [1.165, 1.54) is 0 Å². The van der Waals surface area contributed by atoms with Crippen molar-refractivity contribution in [3.05, 3.63) is 0 Å². The van der Waals surface area contributed by atoms with E-state index in [0.717, 1.165) is 51.4 Å². The van der Waals surface area contributed by atoms with E-state index in [4.69, 9.17) is 0 Å². The second-order valence-electron chi connectivity index (χ2n) is 9.47. The number of likely N-dealkylation sites (tertiary alicyclic amines) is 3. The maximum atomic E-state index is 14.4. The molecule has 4 amide bonds. The highest BCUT2D eigenvalue weighted by molar-refractivity contribution is 5.74. The summed E-state index contributed by atoms with van der Waals surface area (Å²) in [6.45, 7) is 1.07. The fourth-order valence-corrected chi connectivity index (χ4v) is 5.79. The maximum Gasteiger partial charge on any atom is 0.528 e. The van der Waals surface area contributed by atoms with Crippen molar-refractivity contribution in [2.75, 3.05) is 19.6 Å². The molecule has 0 aromatic carbocycles. The summed E-state index contributed by atoms with van der Waals surface area (Å²) in [5, 5.41) is 0. The van der Waals surface area contributed by atoms with Gasteiger partial charge in [-0.15, -0.1) is 15.0 Å². The average Bonchev–Trinajstić information content (AvgIpc) is 3.30. The molecule has 0 aliphatic carbocycles. The van der Waals surface area contributed by atoms with Crippen LogP contribution in [0.1, 0.15) is 77.0 Å². The monoisotopic (exact) mass is 475 g/mol. The van der Waals surface area contributed by atoms with Crippen LogP contribution in [-0.4, -0.2) is 72.9 Å². The van der Waals surface area contributed by atoms with Crippen LogP contribution in [0.15, 0.2) is 15.0 Å². The molecule has 3 fully saturated rings. The molecular weight excluding hydrogens is 440 g/mol. The molecule has 3 heterocycles. The Balaban J connectivity index is 2.13. The van der Waals surface area contributed by atoms with Gasteiger partial charge >= 0.3 is 12.1 Å². The zero-order valence-electron chi connectivity index (χ0n) is 19.7. The maximum absolute atomic E-state index is 14.4. The van der Waals surface area contributed by atoms with Crippen LogP contribution < -0.4 is 9.80 Å². The van der Waals surface area contributed by atoms with Gasteiger partial charge in [0, 0.05) is 19.3 Å². The molecule has 3 saturated heterocycles. The SMILES string of the molecule is O=C=NC1CCCCC[NH+]1C(=O)[N+]1(C(=O)[NH+]2CCCCCC2N=C=O)CCCCCC1N=C=O. The summed E-state index contributed by atoms with van der Waals surface area (Å²) in [6, 6.07) is -0.820. The molecule has 34 heavy (non-hydrogen) atoms. The number of rotatable bonds is 3. The molecule has 3 aliphatic heterocycles. The number of hydrogen-bond donors (Lipinski definition) is 2. The minimum atomic E-state index is -0.895. The number of amides is 4. The van der Waals surface area contributed by atoms with Gasteiger partial charge in [-0.25, -0.2) is 14.4 Å². The van der Waals surface area contributed by atoms with Gasteiger partial charge in [0.15, 0.2) is 0 Å². The van der Waals surface area contributed by atoms with Crippen LogP contribution in [0.25, 0.3) is 0 Å². The molecule has 5 unspecified atom stereocenters. The molecule has 3 aliphatic rings. The zero-order chi connectivity index (χ0) is 24.4. The molecule has 0 saturated carbocycles. The minimum absolute atomic E-state index is 0.204. The summed E-state index contributed by atoms with van der Waals surface area (Å²) in [5.41, 5.74) is 0. The fraction of sp³-hybridized carbons (Fsp3) is 0.783. The highest BCUT2D eigenvalue weighted by atomic mass is 16.2. The average molecular weight is 476 g/mol. The molecule has 11 nitrogen and oxygen atoms in total. The third kappa shape index (κ3) is 5.53. The van der Waals surface area contributed by atoms with Crippen molar-refractivity contribution in [1.82, 2.24) is 0 Å². The van der Waals surface area contributed by atoms with Crippen molar-refractivity contribution in [2.45, 2.75) is 95.5 Å². The second kappa shape index (κ2) is 12.7. The van der Waals surface area contributed by atoms with Gasteiger partial charge in [0.2, 0.25) is 36.7 Å². The van der Waals surface area contributed by atoms with Gasteiger partial charge in [-0.2, -0.15) is 19.4 Å². The van der Waals surface area contributed by atoms with E-state index in [0.29, 0.717) is 48.6 Å². The predicted octanol–water partition coefficient (Wildman–Crippen LogP) is 0.521. The van der Waals surface area contributed by atoms with Crippen molar-refractivity contribution < 1.29 is 38.3 Å². The molecule has 3 rings (SSSR count). The Hall–Kier alpha value is -2.64. The number of urea groups is 2. The van der Waals surface area contributed by atoms with Crippen LogP contribution in [0.5, 0.6) is 0 Å². The van der Waals surface area contributed by atoms with Crippen LogP contribution >= 0.6 is 0 Å². The fourth-order valence-electron chi connectivity index (χ4n) is 5.79. The highest BCUT2D eigenvalue weighted by Crippen LogP contribution is 2.27. The van der Waals surface area contributed by atoms with Gasteiger partial charge < -0.3 is 0 Å². The van der Waals surface area contributed by atoms with E-state index < -0.39 is 35.0 Å². The summed E-state index contributed by atoms with van der Waals surface area (Å²) in [6.07, 6.45) is 11.3. The lowest BCUT2D eigenvalue weighted by Crippen LogP contribution is -3.25. The van der Waals surface area contributed by atoms with E-state index in [9.17, 15) is 24.0 Å². The Morgan fingerprint density at radius 2 is 1.09 bits per heavy atom. The number of quaternary nitrogens is 3. The van der Waals surface area contributed by atoms with Gasteiger partial charge in [0.1, 0.15) is 6.54 Å². The molecular formula is C23H35N6O5+3. The molecule has 5 atom stereocenters. The lowest BCUT2D eigenvalue weighted by atomic mass is 10.2. The standard InChI is InChI=1S/C23H33N6O5/c30-16-24-19-10-4-1-7-13-27(19)22(33)29(15-9-3-6-12-21(29)26-18-32)23(34)28-14-8-2-5-11-20(28)25-17-31/h19-21H,1-15H2/q+1/p+2. The number of carbonyl (C=O) groups is 2. The lowest BCUT2D eigenvalue weighted by Gasteiger charge is -2.37. The van der Waals surface area contributed by atoms with Gasteiger partial charge in [-0.1, -0.05) is 4.48 Å². The van der Waals surface area contributed by atoms with E-state index in [2.05, 4.69) is 15.0 Å². The number of carbonyl (C=O) groups excluding carboxylic acids is 5. The normalized spacial score (nSPS) is 34.5. The van der Waals surface area contributed by atoms with Crippen molar-refractivity contribution >= 4 is 30.3 Å². The first-order valence-electron chi connectivity index (χ1n) is 12.5. The van der Waals surface area contributed by atoms with E-state index in [1.807, 2.05) is 0 Å². The molecule has 0 aromatic rings. The van der Waals surface area contributed by atoms with E-state index >= 15 is 0 Å².